The number of nitrogens with one attached hydrogen (secondary N) is 1. The van der Waals surface area contributed by atoms with Gasteiger partial charge in [-0.3, -0.25) is 19.1 Å². The van der Waals surface area contributed by atoms with Crippen LogP contribution >= 0.6 is 15.9 Å². The number of amides is 2. The molecular formula is C26H24BrN7O3. The van der Waals surface area contributed by atoms with Gasteiger partial charge in [-0.1, -0.05) is 12.1 Å². The van der Waals surface area contributed by atoms with Crippen molar-refractivity contribution in [2.24, 2.45) is 0 Å². The minimum absolute atomic E-state index is 0.0876. The first-order chi connectivity index (χ1) is 17.8. The molecule has 1 atom stereocenters. The number of hydrogen-bond donors (Lipinski definition) is 1. The first kappa shape index (κ1) is 24.7. The van der Waals surface area contributed by atoms with Crippen LogP contribution in [0.5, 0.6) is 0 Å². The minimum atomic E-state index is -0.601. The summed E-state index contributed by atoms with van der Waals surface area (Å²) >= 11 is 3.29. The number of nitrogens with zero attached hydrogens (tertiary/aromatic N) is 6. The lowest BCUT2D eigenvalue weighted by molar-refractivity contribution is -0.137. The second kappa shape index (κ2) is 10.2. The van der Waals surface area contributed by atoms with E-state index in [0.29, 0.717) is 40.1 Å². The molecule has 4 aromatic rings. The molecule has 11 heteroatoms. The third-order valence-corrected chi connectivity index (χ3v) is 6.77. The summed E-state index contributed by atoms with van der Waals surface area (Å²) in [5, 5.41) is 7.91. The zero-order chi connectivity index (χ0) is 26.1. The van der Waals surface area contributed by atoms with E-state index in [1.54, 1.807) is 35.5 Å². The molecule has 4 heterocycles. The smallest absolute Gasteiger partial charge is 0.248 e. The normalized spacial score (nSPS) is 15.2. The van der Waals surface area contributed by atoms with E-state index in [0.717, 1.165) is 17.5 Å². The average molecular weight is 562 g/mol. The quantitative estimate of drug-likeness (QED) is 0.280. The Morgan fingerprint density at radius 3 is 2.62 bits per heavy atom. The van der Waals surface area contributed by atoms with Gasteiger partial charge in [0.15, 0.2) is 5.78 Å². The number of rotatable bonds is 6. The minimum Gasteiger partial charge on any atom is -0.329 e. The topological polar surface area (TPSA) is 123 Å². The summed E-state index contributed by atoms with van der Waals surface area (Å²) in [5.41, 5.74) is 2.61. The Labute approximate surface area is 221 Å². The molecule has 37 heavy (non-hydrogen) atoms. The van der Waals surface area contributed by atoms with Crippen molar-refractivity contribution in [2.75, 3.05) is 11.9 Å². The molecule has 0 spiro atoms. The molecule has 5 rings (SSSR count). The first-order valence-corrected chi connectivity index (χ1v) is 12.6. The van der Waals surface area contributed by atoms with Crippen LogP contribution in [0.4, 0.5) is 5.82 Å². The molecule has 0 saturated carbocycles. The second-order valence-corrected chi connectivity index (χ2v) is 9.71. The van der Waals surface area contributed by atoms with Crippen molar-refractivity contribution in [3.8, 4) is 11.1 Å². The van der Waals surface area contributed by atoms with E-state index in [-0.39, 0.29) is 29.8 Å². The molecule has 1 saturated heterocycles. The monoisotopic (exact) mass is 561 g/mol. The predicted molar refractivity (Wildman–Crippen MR) is 141 cm³/mol. The Morgan fingerprint density at radius 1 is 1.11 bits per heavy atom. The number of hydrogen-bond acceptors (Lipinski definition) is 7. The van der Waals surface area contributed by atoms with Crippen LogP contribution in [-0.2, 0) is 16.1 Å². The Bertz CT molecular complexity index is 1520. The highest BCUT2D eigenvalue weighted by Crippen LogP contribution is 2.27. The van der Waals surface area contributed by atoms with Gasteiger partial charge in [-0.2, -0.15) is 5.10 Å². The van der Waals surface area contributed by atoms with Crippen LogP contribution in [0.25, 0.3) is 22.0 Å². The van der Waals surface area contributed by atoms with E-state index >= 15 is 0 Å². The van der Waals surface area contributed by atoms with Crippen LogP contribution < -0.4 is 5.32 Å². The lowest BCUT2D eigenvalue weighted by Gasteiger charge is -2.24. The van der Waals surface area contributed by atoms with Gasteiger partial charge < -0.3 is 10.2 Å². The van der Waals surface area contributed by atoms with Crippen molar-refractivity contribution < 1.29 is 14.4 Å². The second-order valence-electron chi connectivity index (χ2n) is 8.89. The van der Waals surface area contributed by atoms with Crippen molar-refractivity contribution in [2.45, 2.75) is 39.3 Å². The molecule has 1 N–H and O–H groups in total. The van der Waals surface area contributed by atoms with E-state index in [2.05, 4.69) is 41.3 Å². The zero-order valence-electron chi connectivity index (χ0n) is 20.3. The zero-order valence-corrected chi connectivity index (χ0v) is 21.9. The fourth-order valence-electron chi connectivity index (χ4n) is 4.53. The van der Waals surface area contributed by atoms with Gasteiger partial charge in [-0.05, 0) is 65.5 Å². The standard InChI is InChI=1S/C26H24BrN7O3/c1-15(35)25-19-11-17(18-12-28-16(2)29-13-18)8-9-20(19)34(32-25)14-24(36)33-10-4-5-21(33)26(37)31-23-7-3-6-22(27)30-23/h3,6-9,11-13,21H,4-5,10,14H2,1-2H3,(H,30,31,37). The van der Waals surface area contributed by atoms with Crippen molar-refractivity contribution in [3.63, 3.8) is 0 Å². The number of aromatic nitrogens is 5. The summed E-state index contributed by atoms with van der Waals surface area (Å²) in [7, 11) is 0. The molecule has 1 unspecified atom stereocenters. The number of likely N-dealkylation sites (tertiary alicyclic amines) is 1. The number of aryl methyl sites for hydroxylation is 1. The number of halogens is 1. The van der Waals surface area contributed by atoms with Gasteiger partial charge in [0.25, 0.3) is 0 Å². The first-order valence-electron chi connectivity index (χ1n) is 11.8. The summed E-state index contributed by atoms with van der Waals surface area (Å²) in [4.78, 5) is 53.0. The number of carbonyl (C=O) groups excluding carboxylic acids is 3. The van der Waals surface area contributed by atoms with Crippen LogP contribution in [0.2, 0.25) is 0 Å². The summed E-state index contributed by atoms with van der Waals surface area (Å²) in [6.45, 7) is 3.65. The Hall–Kier alpha value is -3.99. The molecule has 1 aromatic carbocycles. The van der Waals surface area contributed by atoms with Gasteiger partial charge >= 0.3 is 0 Å². The average Bonchev–Trinajstić information content (AvgIpc) is 3.50. The molecule has 1 aliphatic heterocycles. The highest BCUT2D eigenvalue weighted by molar-refractivity contribution is 9.10. The van der Waals surface area contributed by atoms with Crippen LogP contribution in [0, 0.1) is 6.92 Å². The van der Waals surface area contributed by atoms with Gasteiger partial charge in [0.1, 0.15) is 34.5 Å². The van der Waals surface area contributed by atoms with Crippen LogP contribution in [-0.4, -0.2) is 59.8 Å². The number of carbonyl (C=O) groups is 3. The SMILES string of the molecule is CC(=O)c1nn(CC(=O)N2CCCC2C(=O)Nc2cccc(Br)n2)c2ccc(-c3cnc(C)nc3)cc12. The number of ketones is 1. The van der Waals surface area contributed by atoms with Gasteiger partial charge in [-0.15, -0.1) is 0 Å². The van der Waals surface area contributed by atoms with Crippen molar-refractivity contribution >= 4 is 50.2 Å². The molecule has 1 aliphatic rings. The maximum Gasteiger partial charge on any atom is 0.248 e. The number of anilines is 1. The number of pyridine rings is 1. The molecule has 0 aliphatic carbocycles. The van der Waals surface area contributed by atoms with Crippen molar-refractivity contribution in [3.05, 3.63) is 64.9 Å². The Balaban J connectivity index is 1.39. The number of Topliss-reactive ketones (excluding diaryl/α,β-unsaturated/α-hetero) is 1. The fraction of sp³-hybridized carbons (Fsp3) is 0.269. The lowest BCUT2D eigenvalue weighted by Crippen LogP contribution is -2.44. The molecule has 2 amide bonds. The predicted octanol–water partition coefficient (Wildman–Crippen LogP) is 3.79. The Morgan fingerprint density at radius 2 is 1.89 bits per heavy atom. The van der Waals surface area contributed by atoms with E-state index in [1.165, 1.54) is 11.6 Å². The number of benzene rings is 1. The summed E-state index contributed by atoms with van der Waals surface area (Å²) < 4.78 is 2.14. The fourth-order valence-corrected chi connectivity index (χ4v) is 4.87. The maximum atomic E-state index is 13.3. The van der Waals surface area contributed by atoms with Crippen LogP contribution in [0.3, 0.4) is 0 Å². The van der Waals surface area contributed by atoms with E-state index in [4.69, 9.17) is 0 Å². The molecule has 1 fully saturated rings. The lowest BCUT2D eigenvalue weighted by atomic mass is 10.0. The van der Waals surface area contributed by atoms with Crippen molar-refractivity contribution in [1.29, 1.82) is 0 Å². The summed E-state index contributed by atoms with van der Waals surface area (Å²) in [6.07, 6.45) is 4.74. The number of fused-ring (bicyclic) bond motifs is 1. The highest BCUT2D eigenvalue weighted by atomic mass is 79.9. The van der Waals surface area contributed by atoms with E-state index in [9.17, 15) is 14.4 Å². The van der Waals surface area contributed by atoms with Crippen LogP contribution in [0.1, 0.15) is 36.1 Å². The third-order valence-electron chi connectivity index (χ3n) is 6.33. The largest absolute Gasteiger partial charge is 0.329 e. The van der Waals surface area contributed by atoms with Gasteiger partial charge in [-0.25, -0.2) is 15.0 Å². The molecule has 0 bridgehead atoms. The summed E-state index contributed by atoms with van der Waals surface area (Å²) in [5.74, 6) is 0.361. The maximum absolute atomic E-state index is 13.3. The van der Waals surface area contributed by atoms with Gasteiger partial charge in [0, 0.05) is 36.8 Å². The molecule has 188 valence electrons. The molecule has 10 nitrogen and oxygen atoms in total. The molecule has 3 aromatic heterocycles. The van der Waals surface area contributed by atoms with Crippen LogP contribution in [0.15, 0.2) is 53.4 Å². The summed E-state index contributed by atoms with van der Waals surface area (Å²) in [6, 6.07) is 10.2. The van der Waals surface area contributed by atoms with Crippen molar-refractivity contribution in [1.82, 2.24) is 29.6 Å². The van der Waals surface area contributed by atoms with Gasteiger partial charge in [0.05, 0.1) is 5.52 Å². The third kappa shape index (κ3) is 5.12. The molecular weight excluding hydrogens is 538 g/mol. The van der Waals surface area contributed by atoms with Gasteiger partial charge in [0.2, 0.25) is 11.8 Å². The highest BCUT2D eigenvalue weighted by Gasteiger charge is 2.34. The van der Waals surface area contributed by atoms with E-state index < -0.39 is 6.04 Å². The Kier molecular flexibility index (Phi) is 6.79. The van der Waals surface area contributed by atoms with E-state index in [1.807, 2.05) is 25.1 Å². The molecule has 0 radical (unpaired) electrons.